The van der Waals surface area contributed by atoms with Crippen molar-refractivity contribution in [3.05, 3.63) is 57.1 Å². The minimum atomic E-state index is 1.19. The molecule has 0 N–H and O–H groups in total. The van der Waals surface area contributed by atoms with Crippen molar-refractivity contribution in [2.75, 3.05) is 0 Å². The quantitative estimate of drug-likeness (QED) is 0.676. The highest BCUT2D eigenvalue weighted by atomic mass is 79.9. The molecule has 0 radical (unpaired) electrons. The van der Waals surface area contributed by atoms with E-state index in [-0.39, 0.29) is 0 Å². The molecule has 2 aliphatic carbocycles. The van der Waals surface area contributed by atoms with Crippen molar-refractivity contribution in [3.8, 4) is 11.1 Å². The summed E-state index contributed by atoms with van der Waals surface area (Å²) < 4.78 is 1.24. The molecule has 0 saturated heterocycles. The van der Waals surface area contributed by atoms with E-state index in [9.17, 15) is 0 Å². The fourth-order valence-corrected chi connectivity index (χ4v) is 3.92. The monoisotopic (exact) mass is 284 g/mol. The van der Waals surface area contributed by atoms with Crippen LogP contribution >= 0.6 is 15.9 Å². The normalized spacial score (nSPS) is 15.6. The zero-order valence-corrected chi connectivity index (χ0v) is 11.2. The fourth-order valence-electron chi connectivity index (χ4n) is 3.37. The van der Waals surface area contributed by atoms with Gasteiger partial charge in [-0.2, -0.15) is 0 Å². The van der Waals surface area contributed by atoms with E-state index in [1.165, 1.54) is 41.3 Å². The minimum absolute atomic E-state index is 1.19. The van der Waals surface area contributed by atoms with E-state index >= 15 is 0 Å². The fraction of sp³-hybridized carbons (Fsp3) is 0.250. The van der Waals surface area contributed by atoms with Crippen molar-refractivity contribution in [2.45, 2.75) is 25.7 Å². The second kappa shape index (κ2) is 3.46. The lowest BCUT2D eigenvalue weighted by molar-refractivity contribution is 0.875. The van der Waals surface area contributed by atoms with Crippen molar-refractivity contribution in [2.24, 2.45) is 0 Å². The minimum Gasteiger partial charge on any atom is -0.0617 e. The summed E-state index contributed by atoms with van der Waals surface area (Å²) in [4.78, 5) is 0. The van der Waals surface area contributed by atoms with Gasteiger partial charge in [0.2, 0.25) is 0 Å². The van der Waals surface area contributed by atoms with Crippen LogP contribution < -0.4 is 0 Å². The molecule has 0 aromatic heterocycles. The summed E-state index contributed by atoms with van der Waals surface area (Å²) in [5, 5.41) is 0. The van der Waals surface area contributed by atoms with Crippen molar-refractivity contribution in [1.29, 1.82) is 0 Å². The molecule has 0 spiro atoms. The van der Waals surface area contributed by atoms with E-state index in [1.54, 1.807) is 22.3 Å². The second-order valence-corrected chi connectivity index (χ2v) is 5.97. The van der Waals surface area contributed by atoms with E-state index in [4.69, 9.17) is 0 Å². The second-order valence-electron chi connectivity index (χ2n) is 5.05. The van der Waals surface area contributed by atoms with Crippen LogP contribution in [0.15, 0.2) is 34.8 Å². The summed E-state index contributed by atoms with van der Waals surface area (Å²) in [6.07, 6.45) is 4.79. The number of hydrogen-bond acceptors (Lipinski definition) is 0. The first kappa shape index (κ1) is 9.90. The molecule has 2 aliphatic rings. The van der Waals surface area contributed by atoms with E-state index in [0.29, 0.717) is 0 Å². The average molecular weight is 285 g/mol. The molecule has 17 heavy (non-hydrogen) atoms. The van der Waals surface area contributed by atoms with Crippen LogP contribution in [0, 0.1) is 0 Å². The molecule has 0 fully saturated rings. The Labute approximate surface area is 110 Å². The Balaban J connectivity index is 2.12. The van der Waals surface area contributed by atoms with E-state index in [1.807, 2.05) is 0 Å². The van der Waals surface area contributed by atoms with Gasteiger partial charge >= 0.3 is 0 Å². The van der Waals surface area contributed by atoms with Crippen LogP contribution in [0.1, 0.15) is 22.3 Å². The van der Waals surface area contributed by atoms with E-state index < -0.39 is 0 Å². The highest BCUT2D eigenvalue weighted by molar-refractivity contribution is 9.10. The van der Waals surface area contributed by atoms with Crippen LogP contribution in [0.4, 0.5) is 0 Å². The summed E-state index contributed by atoms with van der Waals surface area (Å²) in [6, 6.07) is 11.5. The zero-order chi connectivity index (χ0) is 11.4. The van der Waals surface area contributed by atoms with Gasteiger partial charge in [0, 0.05) is 4.47 Å². The molecule has 2 aromatic rings. The Morgan fingerprint density at radius 2 is 1.18 bits per heavy atom. The molecule has 0 heterocycles. The maximum absolute atomic E-state index is 3.64. The largest absolute Gasteiger partial charge is 0.0617 e. The van der Waals surface area contributed by atoms with Crippen molar-refractivity contribution >= 4 is 15.9 Å². The summed E-state index contributed by atoms with van der Waals surface area (Å²) in [5.41, 5.74) is 9.29. The third-order valence-electron chi connectivity index (χ3n) is 4.08. The molecular formula is C16H13Br. The zero-order valence-electron chi connectivity index (χ0n) is 9.59. The first-order valence-corrected chi connectivity index (χ1v) is 7.04. The molecule has 0 saturated carbocycles. The molecule has 0 bridgehead atoms. The first-order chi connectivity index (χ1) is 8.33. The molecule has 1 heteroatoms. The third-order valence-corrected chi connectivity index (χ3v) is 4.54. The van der Waals surface area contributed by atoms with Gasteiger partial charge in [-0.15, -0.1) is 0 Å². The number of benzene rings is 2. The molecule has 4 rings (SSSR count). The Bertz CT molecular complexity index is 578. The van der Waals surface area contributed by atoms with Crippen LogP contribution in [0.25, 0.3) is 11.1 Å². The van der Waals surface area contributed by atoms with Crippen LogP contribution in [0.5, 0.6) is 0 Å². The van der Waals surface area contributed by atoms with Crippen LogP contribution in [-0.4, -0.2) is 0 Å². The topological polar surface area (TPSA) is 0 Å². The number of halogens is 1. The smallest absolute Gasteiger partial charge is 0.0181 e. The summed E-state index contributed by atoms with van der Waals surface area (Å²) in [7, 11) is 0. The molecule has 0 unspecified atom stereocenters. The van der Waals surface area contributed by atoms with Gasteiger partial charge in [0.15, 0.2) is 0 Å². The van der Waals surface area contributed by atoms with E-state index in [2.05, 4.69) is 46.3 Å². The SMILES string of the molecule is Brc1cc2c3c(c1)CCc1cccc(c1-3)CC2. The van der Waals surface area contributed by atoms with Gasteiger partial charge < -0.3 is 0 Å². The molecule has 0 aliphatic heterocycles. The molecule has 84 valence electrons. The van der Waals surface area contributed by atoms with Crippen molar-refractivity contribution < 1.29 is 0 Å². The Hall–Kier alpha value is -1.08. The Morgan fingerprint density at radius 3 is 1.76 bits per heavy atom. The van der Waals surface area contributed by atoms with Crippen molar-refractivity contribution in [3.63, 3.8) is 0 Å². The van der Waals surface area contributed by atoms with Crippen molar-refractivity contribution in [1.82, 2.24) is 0 Å². The van der Waals surface area contributed by atoms with Gasteiger partial charge in [0.25, 0.3) is 0 Å². The maximum Gasteiger partial charge on any atom is 0.0181 e. The molecule has 0 amide bonds. The van der Waals surface area contributed by atoms with Gasteiger partial charge in [0.1, 0.15) is 0 Å². The Kier molecular flexibility index (Phi) is 2.01. The third kappa shape index (κ3) is 1.35. The lowest BCUT2D eigenvalue weighted by Gasteiger charge is -2.29. The summed E-state index contributed by atoms with van der Waals surface area (Å²) in [6.45, 7) is 0. The highest BCUT2D eigenvalue weighted by Crippen LogP contribution is 2.43. The molecular weight excluding hydrogens is 272 g/mol. The predicted molar refractivity (Wildman–Crippen MR) is 74.4 cm³/mol. The Morgan fingerprint density at radius 1 is 0.706 bits per heavy atom. The number of rotatable bonds is 0. The standard InChI is InChI=1S/C16H13Br/c17-14-8-12-6-4-10-2-1-3-11-5-7-13(9-14)16(12)15(10)11/h1-3,8-9H,4-7H2. The van der Waals surface area contributed by atoms with Crippen LogP contribution in [-0.2, 0) is 25.7 Å². The highest BCUT2D eigenvalue weighted by Gasteiger charge is 2.25. The number of aryl methyl sites for hydroxylation is 4. The van der Waals surface area contributed by atoms with E-state index in [0.717, 1.165) is 0 Å². The average Bonchev–Trinajstić information content (AvgIpc) is 2.35. The molecule has 0 nitrogen and oxygen atoms in total. The molecule has 0 atom stereocenters. The lowest BCUT2D eigenvalue weighted by atomic mass is 9.76. The van der Waals surface area contributed by atoms with Crippen LogP contribution in [0.2, 0.25) is 0 Å². The van der Waals surface area contributed by atoms with Crippen LogP contribution in [0.3, 0.4) is 0 Å². The van der Waals surface area contributed by atoms with Gasteiger partial charge in [-0.3, -0.25) is 0 Å². The maximum atomic E-state index is 3.64. The lowest BCUT2D eigenvalue weighted by Crippen LogP contribution is -2.13. The molecule has 2 aromatic carbocycles. The predicted octanol–water partition coefficient (Wildman–Crippen LogP) is 4.31. The van der Waals surface area contributed by atoms with Gasteiger partial charge in [-0.25, -0.2) is 0 Å². The van der Waals surface area contributed by atoms with Gasteiger partial charge in [-0.1, -0.05) is 34.1 Å². The van der Waals surface area contributed by atoms with Gasteiger partial charge in [0.05, 0.1) is 0 Å². The summed E-state index contributed by atoms with van der Waals surface area (Å²) in [5.74, 6) is 0. The number of hydrogen-bond donors (Lipinski definition) is 0. The summed E-state index contributed by atoms with van der Waals surface area (Å²) >= 11 is 3.64. The first-order valence-electron chi connectivity index (χ1n) is 6.25. The van der Waals surface area contributed by atoms with Gasteiger partial charge in [-0.05, 0) is 71.2 Å².